The zero-order chi connectivity index (χ0) is 6.08. The number of alkyl halides is 4. The van der Waals surface area contributed by atoms with Gasteiger partial charge in [-0.1, -0.05) is 0 Å². The standard InChI is InChI=1S/C3H3F4.K/c1-3(6,7)2(4)5;/h2H,1H2;/q-1;+1. The molecule has 0 heterocycles. The van der Waals surface area contributed by atoms with Crippen molar-refractivity contribution >= 4 is 0 Å². The minimum Gasteiger partial charge on any atom is -0.268 e. The van der Waals surface area contributed by atoms with Crippen molar-refractivity contribution in [3.8, 4) is 0 Å². The number of hydrogen-bond donors (Lipinski definition) is 0. The van der Waals surface area contributed by atoms with Gasteiger partial charge in [-0.15, -0.1) is 0 Å². The Morgan fingerprint density at radius 1 is 1.25 bits per heavy atom. The summed E-state index contributed by atoms with van der Waals surface area (Å²) in [5, 5.41) is 0. The van der Waals surface area contributed by atoms with E-state index in [1.165, 1.54) is 0 Å². The van der Waals surface area contributed by atoms with E-state index in [-0.39, 0.29) is 51.4 Å². The van der Waals surface area contributed by atoms with Crippen molar-refractivity contribution in [2.75, 3.05) is 0 Å². The predicted octanol–water partition coefficient (Wildman–Crippen LogP) is -1.28. The summed E-state index contributed by atoms with van der Waals surface area (Å²) in [6.07, 6.45) is -3.65. The number of rotatable bonds is 1. The van der Waals surface area contributed by atoms with E-state index in [1.54, 1.807) is 0 Å². The summed E-state index contributed by atoms with van der Waals surface area (Å²) in [6.45, 7) is 1.89. The van der Waals surface area contributed by atoms with Gasteiger partial charge in [0.1, 0.15) is 0 Å². The molecule has 0 unspecified atom stereocenters. The Morgan fingerprint density at radius 3 is 1.38 bits per heavy atom. The van der Waals surface area contributed by atoms with Gasteiger partial charge in [-0.2, -0.15) is 0 Å². The molecule has 0 aromatic rings. The topological polar surface area (TPSA) is 0 Å². The van der Waals surface area contributed by atoms with Crippen molar-refractivity contribution in [1.29, 1.82) is 0 Å². The number of hydrogen-bond acceptors (Lipinski definition) is 0. The Bertz CT molecular complexity index is 56.8. The van der Waals surface area contributed by atoms with Crippen molar-refractivity contribution < 1.29 is 68.9 Å². The van der Waals surface area contributed by atoms with Crippen LogP contribution in [0, 0.1) is 6.92 Å². The first-order valence-corrected chi connectivity index (χ1v) is 1.46. The van der Waals surface area contributed by atoms with Gasteiger partial charge < -0.3 is 0 Å². The van der Waals surface area contributed by atoms with Crippen LogP contribution in [0.1, 0.15) is 0 Å². The molecule has 44 valence electrons. The van der Waals surface area contributed by atoms with Crippen LogP contribution >= 0.6 is 0 Å². The smallest absolute Gasteiger partial charge is 0.268 e. The summed E-state index contributed by atoms with van der Waals surface area (Å²) in [6, 6.07) is 0. The molecule has 0 aliphatic rings. The van der Waals surface area contributed by atoms with Crippen molar-refractivity contribution in [1.82, 2.24) is 0 Å². The molecule has 8 heavy (non-hydrogen) atoms. The molecule has 0 radical (unpaired) electrons. The molecule has 0 bridgehead atoms. The van der Waals surface area contributed by atoms with E-state index in [9.17, 15) is 17.6 Å². The molecule has 0 atom stereocenters. The Labute approximate surface area is 87.1 Å². The van der Waals surface area contributed by atoms with Gasteiger partial charge >= 0.3 is 51.4 Å². The summed E-state index contributed by atoms with van der Waals surface area (Å²) >= 11 is 0. The molecular weight excluding hydrogens is 151 g/mol. The van der Waals surface area contributed by atoms with Gasteiger partial charge in [0, 0.05) is 0 Å². The van der Waals surface area contributed by atoms with Gasteiger partial charge in [0.2, 0.25) is 0 Å². The molecule has 0 aromatic heterocycles. The van der Waals surface area contributed by atoms with Crippen LogP contribution < -0.4 is 51.4 Å². The van der Waals surface area contributed by atoms with Crippen LogP contribution in [0.25, 0.3) is 0 Å². The summed E-state index contributed by atoms with van der Waals surface area (Å²) in [5.41, 5.74) is 0. The molecule has 5 heteroatoms. The third kappa shape index (κ3) is 5.49. The second-order valence-corrected chi connectivity index (χ2v) is 1.06. The maximum atomic E-state index is 11.0. The van der Waals surface area contributed by atoms with Gasteiger partial charge in [0.05, 0.1) is 0 Å². The fourth-order valence-corrected chi connectivity index (χ4v) is 0. The summed E-state index contributed by atoms with van der Waals surface area (Å²) in [4.78, 5) is 0. The molecule has 0 amide bonds. The third-order valence-corrected chi connectivity index (χ3v) is 0.319. The van der Waals surface area contributed by atoms with E-state index in [1.807, 2.05) is 6.92 Å². The average molecular weight is 154 g/mol. The molecule has 0 nitrogen and oxygen atoms in total. The van der Waals surface area contributed by atoms with Crippen LogP contribution in [0.15, 0.2) is 0 Å². The Morgan fingerprint density at radius 2 is 1.38 bits per heavy atom. The zero-order valence-electron chi connectivity index (χ0n) is 4.30. The van der Waals surface area contributed by atoms with Gasteiger partial charge in [0.15, 0.2) is 5.92 Å². The molecule has 0 rings (SSSR count). The Hall–Kier alpha value is 1.36. The van der Waals surface area contributed by atoms with Crippen LogP contribution in [-0.2, 0) is 0 Å². The average Bonchev–Trinajstić information content (AvgIpc) is 1.31. The summed E-state index contributed by atoms with van der Waals surface area (Å²) in [7, 11) is 0. The van der Waals surface area contributed by atoms with E-state index >= 15 is 0 Å². The van der Waals surface area contributed by atoms with E-state index in [0.717, 1.165) is 0 Å². The molecule has 0 saturated heterocycles. The molecule has 0 aliphatic carbocycles. The zero-order valence-corrected chi connectivity index (χ0v) is 7.42. The first kappa shape index (κ1) is 12.1. The Kier molecular flexibility index (Phi) is 6.36. The fraction of sp³-hybridized carbons (Fsp3) is 0.667. The molecule has 0 fully saturated rings. The van der Waals surface area contributed by atoms with Crippen LogP contribution in [0.2, 0.25) is 0 Å². The quantitative estimate of drug-likeness (QED) is 0.251. The molecule has 0 aliphatic heterocycles. The summed E-state index contributed by atoms with van der Waals surface area (Å²) in [5.74, 6) is -4.08. The van der Waals surface area contributed by atoms with Gasteiger partial charge in [0.25, 0.3) is 6.43 Å². The maximum Gasteiger partial charge on any atom is 1.00 e. The molecule has 0 saturated carbocycles. The van der Waals surface area contributed by atoms with Crippen molar-refractivity contribution in [2.24, 2.45) is 0 Å². The van der Waals surface area contributed by atoms with E-state index in [4.69, 9.17) is 0 Å². The maximum absolute atomic E-state index is 11.0. The largest absolute Gasteiger partial charge is 1.00 e. The third-order valence-electron chi connectivity index (χ3n) is 0.319. The first-order valence-electron chi connectivity index (χ1n) is 1.46. The van der Waals surface area contributed by atoms with Gasteiger partial charge in [-0.05, 0) is 0 Å². The minimum absolute atomic E-state index is 0. The van der Waals surface area contributed by atoms with E-state index in [2.05, 4.69) is 0 Å². The van der Waals surface area contributed by atoms with Gasteiger partial charge in [-0.25, -0.2) is 17.6 Å². The van der Waals surface area contributed by atoms with Crippen molar-refractivity contribution in [3.63, 3.8) is 0 Å². The van der Waals surface area contributed by atoms with E-state index in [0.29, 0.717) is 0 Å². The monoisotopic (exact) mass is 154 g/mol. The fourth-order valence-electron chi connectivity index (χ4n) is 0. The van der Waals surface area contributed by atoms with Crippen LogP contribution in [-0.4, -0.2) is 12.3 Å². The van der Waals surface area contributed by atoms with Crippen LogP contribution in [0.5, 0.6) is 0 Å². The molecular formula is C3H3F4K. The predicted molar refractivity (Wildman–Crippen MR) is 16.3 cm³/mol. The molecule has 0 aromatic carbocycles. The molecule has 0 spiro atoms. The van der Waals surface area contributed by atoms with E-state index < -0.39 is 12.3 Å². The number of halogens is 4. The van der Waals surface area contributed by atoms with Crippen LogP contribution in [0.4, 0.5) is 17.6 Å². The van der Waals surface area contributed by atoms with Crippen LogP contribution in [0.3, 0.4) is 0 Å². The molecule has 0 N–H and O–H groups in total. The summed E-state index contributed by atoms with van der Waals surface area (Å²) < 4.78 is 43.4. The van der Waals surface area contributed by atoms with Gasteiger partial charge in [-0.3, -0.25) is 6.92 Å². The van der Waals surface area contributed by atoms with Crippen molar-refractivity contribution in [3.05, 3.63) is 6.92 Å². The van der Waals surface area contributed by atoms with Crippen molar-refractivity contribution in [2.45, 2.75) is 12.3 Å². The normalized spacial score (nSPS) is 11.2. The Balaban J connectivity index is 0. The SMILES string of the molecule is [CH2-]C(F)(F)C(F)F.[K+]. The second kappa shape index (κ2) is 4.22. The minimum atomic E-state index is -4.08. The first-order chi connectivity index (χ1) is 2.94. The second-order valence-electron chi connectivity index (χ2n) is 1.06.